The first-order valence-corrected chi connectivity index (χ1v) is 9.56. The molecule has 0 bridgehead atoms. The minimum atomic E-state index is -0.531. The maximum atomic E-state index is 12.4. The molecule has 0 saturated heterocycles. The molecule has 0 unspecified atom stereocenters. The Morgan fingerprint density at radius 1 is 1.14 bits per heavy atom. The van der Waals surface area contributed by atoms with Gasteiger partial charge in [-0.3, -0.25) is 4.79 Å². The van der Waals surface area contributed by atoms with E-state index in [-0.39, 0.29) is 31.3 Å². The van der Waals surface area contributed by atoms with Gasteiger partial charge in [0.05, 0.1) is 45.5 Å². The average Bonchev–Trinajstić information content (AvgIpc) is 3.06. The summed E-state index contributed by atoms with van der Waals surface area (Å²) in [5.74, 6) is 0.432. The van der Waals surface area contributed by atoms with Crippen molar-refractivity contribution in [1.82, 2.24) is 10.3 Å². The molecule has 0 atom stereocenters. The average molecular weight is 470 g/mol. The molecule has 1 aromatic heterocycles. The highest BCUT2D eigenvalue weighted by atomic mass is 79.9. The number of rotatable bonds is 9. The van der Waals surface area contributed by atoms with Crippen molar-refractivity contribution in [2.45, 2.75) is 13.5 Å². The van der Waals surface area contributed by atoms with E-state index in [1.54, 1.807) is 19.1 Å². The normalized spacial score (nSPS) is 10.4. The summed E-state index contributed by atoms with van der Waals surface area (Å²) < 4.78 is 21.9. The van der Waals surface area contributed by atoms with Gasteiger partial charge in [0.25, 0.3) is 0 Å². The summed E-state index contributed by atoms with van der Waals surface area (Å²) in [5.41, 5.74) is 7.39. The Hall–Kier alpha value is -2.72. The van der Waals surface area contributed by atoms with E-state index in [0.717, 1.165) is 0 Å². The second-order valence-corrected chi connectivity index (χ2v) is 6.54. The fraction of sp³-hybridized carbons (Fsp3) is 0.368. The number of carbonyl (C=O) groups is 2. The van der Waals surface area contributed by atoms with Crippen LogP contribution in [-0.2, 0) is 16.1 Å². The van der Waals surface area contributed by atoms with Gasteiger partial charge in [-0.1, -0.05) is 0 Å². The van der Waals surface area contributed by atoms with Gasteiger partial charge in [0.2, 0.25) is 11.7 Å². The Kier molecular flexibility index (Phi) is 7.91. The van der Waals surface area contributed by atoms with Crippen LogP contribution in [0, 0.1) is 0 Å². The molecule has 158 valence electrons. The second kappa shape index (κ2) is 10.2. The van der Waals surface area contributed by atoms with Crippen LogP contribution < -0.4 is 25.3 Å². The van der Waals surface area contributed by atoms with Gasteiger partial charge in [0, 0.05) is 16.8 Å². The third-order valence-corrected chi connectivity index (χ3v) is 4.91. The van der Waals surface area contributed by atoms with Gasteiger partial charge < -0.3 is 35.0 Å². The number of halogens is 1. The Morgan fingerprint density at radius 2 is 1.83 bits per heavy atom. The number of carbonyl (C=O) groups excluding carboxylic acids is 2. The van der Waals surface area contributed by atoms with Gasteiger partial charge in [0.1, 0.15) is 5.69 Å². The molecule has 0 aliphatic heterocycles. The first-order chi connectivity index (χ1) is 13.9. The number of benzene rings is 1. The quantitative estimate of drug-likeness (QED) is 0.480. The summed E-state index contributed by atoms with van der Waals surface area (Å²) in [7, 11) is 4.53. The van der Waals surface area contributed by atoms with Crippen molar-refractivity contribution in [3.8, 4) is 28.4 Å². The number of hydrogen-bond acceptors (Lipinski definition) is 7. The number of methoxy groups -OCH3 is 3. The highest BCUT2D eigenvalue weighted by Gasteiger charge is 2.27. The maximum Gasteiger partial charge on any atom is 0.355 e. The van der Waals surface area contributed by atoms with Crippen LogP contribution in [0.3, 0.4) is 0 Å². The molecule has 29 heavy (non-hydrogen) atoms. The van der Waals surface area contributed by atoms with Gasteiger partial charge >= 0.3 is 5.97 Å². The van der Waals surface area contributed by atoms with E-state index in [1.807, 2.05) is 0 Å². The SMILES string of the molecule is CCOC(=O)c1[nH]c(CNC(=O)CN)c(-c2ccc(OC)c(OC)c2OC)c1Br. The predicted molar refractivity (Wildman–Crippen MR) is 110 cm³/mol. The molecule has 2 rings (SSSR count). The monoisotopic (exact) mass is 469 g/mol. The molecule has 10 heteroatoms. The number of amides is 1. The summed E-state index contributed by atoms with van der Waals surface area (Å²) in [4.78, 5) is 27.0. The minimum absolute atomic E-state index is 0.112. The molecule has 2 aromatic rings. The number of nitrogens with two attached hydrogens (primary N) is 1. The van der Waals surface area contributed by atoms with Crippen LogP contribution >= 0.6 is 15.9 Å². The molecule has 1 aromatic carbocycles. The zero-order valence-corrected chi connectivity index (χ0v) is 18.3. The topological polar surface area (TPSA) is 125 Å². The second-order valence-electron chi connectivity index (χ2n) is 5.75. The molecule has 1 amide bonds. The van der Waals surface area contributed by atoms with E-state index in [9.17, 15) is 9.59 Å². The maximum absolute atomic E-state index is 12.4. The van der Waals surface area contributed by atoms with E-state index >= 15 is 0 Å². The number of ether oxygens (including phenoxy) is 4. The summed E-state index contributed by atoms with van der Waals surface area (Å²) in [6, 6.07) is 3.50. The lowest BCUT2D eigenvalue weighted by molar-refractivity contribution is -0.119. The summed E-state index contributed by atoms with van der Waals surface area (Å²) in [5, 5.41) is 2.69. The number of nitrogens with one attached hydrogen (secondary N) is 2. The lowest BCUT2D eigenvalue weighted by atomic mass is 10.0. The molecule has 0 spiro atoms. The molecule has 9 nitrogen and oxygen atoms in total. The number of hydrogen-bond donors (Lipinski definition) is 3. The molecular formula is C19H24BrN3O6. The van der Waals surface area contributed by atoms with Crippen LogP contribution in [0.5, 0.6) is 17.2 Å². The summed E-state index contributed by atoms with van der Waals surface area (Å²) in [6.45, 7) is 1.90. The molecule has 0 aliphatic rings. The first kappa shape index (κ1) is 22.6. The van der Waals surface area contributed by atoms with E-state index in [0.29, 0.717) is 38.5 Å². The highest BCUT2D eigenvalue weighted by Crippen LogP contribution is 2.47. The Labute approximate surface area is 177 Å². The number of esters is 1. The molecule has 4 N–H and O–H groups in total. The Morgan fingerprint density at radius 3 is 2.38 bits per heavy atom. The van der Waals surface area contributed by atoms with Crippen LogP contribution in [0.2, 0.25) is 0 Å². The highest BCUT2D eigenvalue weighted by molar-refractivity contribution is 9.10. The smallest absolute Gasteiger partial charge is 0.355 e. The molecule has 0 saturated carbocycles. The third-order valence-electron chi connectivity index (χ3n) is 4.12. The first-order valence-electron chi connectivity index (χ1n) is 8.76. The van der Waals surface area contributed by atoms with E-state index in [4.69, 9.17) is 24.7 Å². The third kappa shape index (κ3) is 4.65. The lowest BCUT2D eigenvalue weighted by Crippen LogP contribution is -2.30. The number of H-pyrrole nitrogens is 1. The van der Waals surface area contributed by atoms with Crippen LogP contribution in [-0.4, -0.2) is 51.3 Å². The summed E-state index contributed by atoms with van der Waals surface area (Å²) in [6.07, 6.45) is 0. The van der Waals surface area contributed by atoms with Gasteiger partial charge in [-0.15, -0.1) is 0 Å². The van der Waals surface area contributed by atoms with Gasteiger partial charge in [-0.2, -0.15) is 0 Å². The van der Waals surface area contributed by atoms with Gasteiger partial charge in [-0.05, 0) is 35.0 Å². The minimum Gasteiger partial charge on any atom is -0.493 e. The van der Waals surface area contributed by atoms with Crippen molar-refractivity contribution in [3.05, 3.63) is 28.0 Å². The van der Waals surface area contributed by atoms with Crippen molar-refractivity contribution in [2.24, 2.45) is 5.73 Å². The molecule has 0 fully saturated rings. The standard InChI is InChI=1S/C19H24BrN3O6/c1-5-29-19(25)16-15(20)14(11(23-16)9-22-13(24)8-21)10-6-7-12(26-2)18(28-4)17(10)27-3/h6-7,23H,5,8-9,21H2,1-4H3,(H,22,24). The van der Waals surface area contributed by atoms with E-state index < -0.39 is 5.97 Å². The largest absolute Gasteiger partial charge is 0.493 e. The van der Waals surface area contributed by atoms with E-state index in [1.165, 1.54) is 21.3 Å². The van der Waals surface area contributed by atoms with Crippen molar-refractivity contribution >= 4 is 27.8 Å². The Balaban J connectivity index is 2.69. The molecule has 1 heterocycles. The predicted octanol–water partition coefficient (Wildman–Crippen LogP) is 2.22. The summed E-state index contributed by atoms with van der Waals surface area (Å²) >= 11 is 3.48. The van der Waals surface area contributed by atoms with E-state index in [2.05, 4.69) is 26.2 Å². The van der Waals surface area contributed by atoms with Crippen molar-refractivity contribution in [2.75, 3.05) is 34.5 Å². The van der Waals surface area contributed by atoms with Crippen molar-refractivity contribution in [3.63, 3.8) is 0 Å². The fourth-order valence-electron chi connectivity index (χ4n) is 2.84. The lowest BCUT2D eigenvalue weighted by Gasteiger charge is -2.16. The van der Waals surface area contributed by atoms with Crippen LogP contribution in [0.4, 0.5) is 0 Å². The Bertz CT molecular complexity index is 897. The fourth-order valence-corrected chi connectivity index (χ4v) is 3.55. The zero-order valence-electron chi connectivity index (χ0n) is 16.7. The molecule has 0 radical (unpaired) electrons. The zero-order chi connectivity index (χ0) is 21.6. The van der Waals surface area contributed by atoms with Crippen molar-refractivity contribution < 1.29 is 28.5 Å². The molecular weight excluding hydrogens is 446 g/mol. The van der Waals surface area contributed by atoms with Crippen molar-refractivity contribution in [1.29, 1.82) is 0 Å². The molecule has 0 aliphatic carbocycles. The van der Waals surface area contributed by atoms with Crippen LogP contribution in [0.15, 0.2) is 16.6 Å². The van der Waals surface area contributed by atoms with Gasteiger partial charge in [-0.25, -0.2) is 4.79 Å². The van der Waals surface area contributed by atoms with Crippen LogP contribution in [0.25, 0.3) is 11.1 Å². The van der Waals surface area contributed by atoms with Gasteiger partial charge in [0.15, 0.2) is 11.5 Å². The van der Waals surface area contributed by atoms with Crippen LogP contribution in [0.1, 0.15) is 23.1 Å². The number of aromatic amines is 1. The number of aromatic nitrogens is 1.